The lowest BCUT2D eigenvalue weighted by molar-refractivity contribution is 0.0696. The highest BCUT2D eigenvalue weighted by Gasteiger charge is 2.21. The van der Waals surface area contributed by atoms with Crippen molar-refractivity contribution in [2.45, 2.75) is 38.0 Å². The maximum absolute atomic E-state index is 13.0. The first-order valence-electron chi connectivity index (χ1n) is 9.78. The highest BCUT2D eigenvalue weighted by molar-refractivity contribution is 5.94. The molecule has 5 heteroatoms. The minimum Gasteiger partial charge on any atom is -0.504 e. The minimum absolute atomic E-state index is 0.188. The zero-order chi connectivity index (χ0) is 20.5. The summed E-state index contributed by atoms with van der Waals surface area (Å²) in [5.74, 6) is -1.30. The molecule has 1 aliphatic carbocycles. The van der Waals surface area contributed by atoms with Gasteiger partial charge in [-0.15, -0.1) is 0 Å². The first kappa shape index (κ1) is 19.0. The number of rotatable bonds is 4. The number of fused-ring (bicyclic) bond motifs is 1. The molecule has 3 aromatic rings. The zero-order valence-corrected chi connectivity index (χ0v) is 15.9. The molecule has 4 rings (SSSR count). The summed E-state index contributed by atoms with van der Waals surface area (Å²) in [6.07, 6.45) is 4.66. The summed E-state index contributed by atoms with van der Waals surface area (Å²) in [7, 11) is 0. The lowest BCUT2D eigenvalue weighted by Gasteiger charge is -2.11. The van der Waals surface area contributed by atoms with Crippen molar-refractivity contribution < 1.29 is 20.1 Å². The lowest BCUT2D eigenvalue weighted by Crippen LogP contribution is -2.12. The van der Waals surface area contributed by atoms with Crippen LogP contribution < -0.4 is 5.43 Å². The first-order chi connectivity index (χ1) is 14.0. The number of phenols is 2. The monoisotopic (exact) mass is 390 g/mol. The lowest BCUT2D eigenvalue weighted by atomic mass is 9.93. The van der Waals surface area contributed by atoms with Crippen molar-refractivity contribution in [1.82, 2.24) is 0 Å². The van der Waals surface area contributed by atoms with E-state index in [2.05, 4.69) is 0 Å². The fourth-order valence-electron chi connectivity index (χ4n) is 4.33. The molecule has 0 spiro atoms. The van der Waals surface area contributed by atoms with E-state index < -0.39 is 11.4 Å². The third kappa shape index (κ3) is 3.56. The van der Waals surface area contributed by atoms with E-state index in [9.17, 15) is 24.9 Å². The van der Waals surface area contributed by atoms with Crippen LogP contribution in [0.1, 0.15) is 58.6 Å². The van der Waals surface area contributed by atoms with Gasteiger partial charge in [0.1, 0.15) is 5.56 Å². The van der Waals surface area contributed by atoms with Crippen LogP contribution in [0.5, 0.6) is 11.5 Å². The van der Waals surface area contributed by atoms with Gasteiger partial charge in [0.2, 0.25) is 5.43 Å². The Bertz CT molecular complexity index is 1160. The summed E-state index contributed by atoms with van der Waals surface area (Å²) >= 11 is 0. The normalized spacial score (nSPS) is 14.3. The molecule has 0 atom stereocenters. The molecule has 0 aromatic heterocycles. The number of aromatic carboxylic acids is 1. The van der Waals surface area contributed by atoms with Gasteiger partial charge < -0.3 is 15.3 Å². The highest BCUT2D eigenvalue weighted by Crippen LogP contribution is 2.37. The largest absolute Gasteiger partial charge is 0.504 e. The minimum atomic E-state index is -1.24. The van der Waals surface area contributed by atoms with E-state index in [-0.39, 0.29) is 17.1 Å². The van der Waals surface area contributed by atoms with Crippen LogP contribution in [0.3, 0.4) is 0 Å². The highest BCUT2D eigenvalue weighted by atomic mass is 16.4. The first-order valence-corrected chi connectivity index (χ1v) is 9.78. The van der Waals surface area contributed by atoms with E-state index in [1.165, 1.54) is 12.1 Å². The standard InChI is InChI=1S/C24H22O5/c25-21-7-3-6-16(22(21)26)12-14-8-9-18-17(15-4-1-2-5-15)10-11-19(24(28)29)23(27)20(18)13-14/h3,6-11,13,15,25-26H,1-2,4-5,12H2,(H,28,29). The molecule has 1 fully saturated rings. The number of carbonyl (C=O) groups is 1. The summed E-state index contributed by atoms with van der Waals surface area (Å²) in [5.41, 5.74) is 1.58. The molecular weight excluding hydrogens is 368 g/mol. The van der Waals surface area contributed by atoms with E-state index in [1.807, 2.05) is 12.1 Å². The van der Waals surface area contributed by atoms with Gasteiger partial charge in [0.05, 0.1) is 0 Å². The molecule has 1 saturated carbocycles. The molecule has 0 saturated heterocycles. The topological polar surface area (TPSA) is 94.8 Å². The van der Waals surface area contributed by atoms with E-state index in [1.54, 1.807) is 24.3 Å². The molecule has 148 valence electrons. The SMILES string of the molecule is O=C(O)c1ccc(C2CCCC2)c2ccc(Cc3cccc(O)c3O)cc2c1=O. The third-order valence-corrected chi connectivity index (χ3v) is 5.83. The molecule has 0 amide bonds. The predicted molar refractivity (Wildman–Crippen MR) is 111 cm³/mol. The molecule has 29 heavy (non-hydrogen) atoms. The van der Waals surface area contributed by atoms with Crippen molar-refractivity contribution in [1.29, 1.82) is 0 Å². The van der Waals surface area contributed by atoms with Crippen LogP contribution in [-0.4, -0.2) is 21.3 Å². The van der Waals surface area contributed by atoms with Gasteiger partial charge in [0, 0.05) is 17.4 Å². The Hall–Kier alpha value is -3.34. The molecular formula is C24H22O5. The summed E-state index contributed by atoms with van der Waals surface area (Å²) in [6.45, 7) is 0. The Morgan fingerprint density at radius 2 is 1.72 bits per heavy atom. The van der Waals surface area contributed by atoms with E-state index in [0.29, 0.717) is 23.3 Å². The van der Waals surface area contributed by atoms with E-state index in [4.69, 9.17) is 0 Å². The third-order valence-electron chi connectivity index (χ3n) is 5.83. The van der Waals surface area contributed by atoms with Crippen molar-refractivity contribution in [3.63, 3.8) is 0 Å². The van der Waals surface area contributed by atoms with Gasteiger partial charge in [0.15, 0.2) is 11.5 Å². The van der Waals surface area contributed by atoms with Gasteiger partial charge in [-0.05, 0) is 53.5 Å². The average molecular weight is 390 g/mol. The van der Waals surface area contributed by atoms with Gasteiger partial charge >= 0.3 is 5.97 Å². The Morgan fingerprint density at radius 1 is 0.966 bits per heavy atom. The van der Waals surface area contributed by atoms with Crippen LogP contribution in [0.15, 0.2) is 53.3 Å². The van der Waals surface area contributed by atoms with Crippen LogP contribution in [0.4, 0.5) is 0 Å². The maximum Gasteiger partial charge on any atom is 0.339 e. The smallest absolute Gasteiger partial charge is 0.339 e. The van der Waals surface area contributed by atoms with Crippen LogP contribution in [0.25, 0.3) is 10.8 Å². The van der Waals surface area contributed by atoms with Crippen LogP contribution in [-0.2, 0) is 6.42 Å². The van der Waals surface area contributed by atoms with Crippen LogP contribution in [0, 0.1) is 0 Å². The van der Waals surface area contributed by atoms with Crippen molar-refractivity contribution in [3.8, 4) is 11.5 Å². The van der Waals surface area contributed by atoms with E-state index >= 15 is 0 Å². The Labute approximate surface area is 167 Å². The second kappa shape index (κ2) is 7.59. The molecule has 3 N–H and O–H groups in total. The van der Waals surface area contributed by atoms with Crippen LogP contribution >= 0.6 is 0 Å². The number of phenolic OH excluding ortho intramolecular Hbond substituents is 2. The van der Waals surface area contributed by atoms with Crippen molar-refractivity contribution in [2.24, 2.45) is 0 Å². The second-order valence-electron chi connectivity index (χ2n) is 7.66. The molecule has 1 aliphatic rings. The number of aromatic hydroxyl groups is 2. The number of carboxylic acids is 1. The summed E-state index contributed by atoms with van der Waals surface area (Å²) in [6, 6.07) is 13.5. The summed E-state index contributed by atoms with van der Waals surface area (Å²) in [4.78, 5) is 24.6. The number of carboxylic acid groups (broad SMARTS) is 1. The molecule has 0 bridgehead atoms. The number of hydrogen-bond acceptors (Lipinski definition) is 4. The molecule has 0 unspecified atom stereocenters. The van der Waals surface area contributed by atoms with Crippen molar-refractivity contribution >= 4 is 16.7 Å². The molecule has 3 aromatic carbocycles. The Kier molecular flexibility index (Phi) is 4.97. The van der Waals surface area contributed by atoms with Gasteiger partial charge in [-0.25, -0.2) is 4.79 Å². The Morgan fingerprint density at radius 3 is 2.45 bits per heavy atom. The zero-order valence-electron chi connectivity index (χ0n) is 15.9. The average Bonchev–Trinajstić information content (AvgIpc) is 3.18. The number of benzene rings is 2. The molecule has 0 heterocycles. The molecule has 5 nitrogen and oxygen atoms in total. The van der Waals surface area contributed by atoms with Gasteiger partial charge in [-0.2, -0.15) is 0 Å². The Balaban J connectivity index is 1.90. The summed E-state index contributed by atoms with van der Waals surface area (Å²) in [5, 5.41) is 30.5. The molecule has 0 aliphatic heterocycles. The van der Waals surface area contributed by atoms with Gasteiger partial charge in [-0.3, -0.25) is 4.79 Å². The maximum atomic E-state index is 13.0. The molecule has 0 radical (unpaired) electrons. The van der Waals surface area contributed by atoms with Crippen molar-refractivity contribution in [2.75, 3.05) is 0 Å². The quantitative estimate of drug-likeness (QED) is 0.568. The van der Waals surface area contributed by atoms with Crippen molar-refractivity contribution in [3.05, 3.63) is 81.0 Å². The predicted octanol–water partition coefficient (Wildman–Crippen LogP) is 4.56. The fourth-order valence-corrected chi connectivity index (χ4v) is 4.33. The van der Waals surface area contributed by atoms with Gasteiger partial charge in [0.25, 0.3) is 0 Å². The number of para-hydroxylation sites is 1. The summed E-state index contributed by atoms with van der Waals surface area (Å²) < 4.78 is 0. The van der Waals surface area contributed by atoms with Gasteiger partial charge in [-0.1, -0.05) is 43.2 Å². The van der Waals surface area contributed by atoms with E-state index in [0.717, 1.165) is 42.2 Å². The number of hydrogen-bond donors (Lipinski definition) is 3. The van der Waals surface area contributed by atoms with Crippen LogP contribution in [0.2, 0.25) is 0 Å². The fraction of sp³-hybridized carbons (Fsp3) is 0.250. The second-order valence-corrected chi connectivity index (χ2v) is 7.66.